The van der Waals surface area contributed by atoms with Gasteiger partial charge in [0.05, 0.1) is 15.7 Å². The van der Waals surface area contributed by atoms with Crippen LogP contribution in [0.3, 0.4) is 0 Å². The predicted octanol–water partition coefficient (Wildman–Crippen LogP) is 3.22. The minimum Gasteiger partial charge on any atom is -0.359 e. The average molecular weight is 307 g/mol. The van der Waals surface area contributed by atoms with Gasteiger partial charge in [-0.25, -0.2) is 4.39 Å². The third kappa shape index (κ3) is 1.59. The molecule has 0 aliphatic heterocycles. The summed E-state index contributed by atoms with van der Waals surface area (Å²) in [4.78, 5) is 14.8. The zero-order valence-electron chi connectivity index (χ0n) is 9.15. The molecule has 18 heavy (non-hydrogen) atoms. The van der Waals surface area contributed by atoms with E-state index in [1.807, 2.05) is 0 Å². The van der Waals surface area contributed by atoms with Gasteiger partial charge in [0, 0.05) is 29.9 Å². The fourth-order valence-electron chi connectivity index (χ4n) is 1.96. The molecule has 0 aliphatic rings. The Hall–Kier alpha value is -1.88. The molecule has 0 fully saturated rings. The third-order valence-corrected chi connectivity index (χ3v) is 3.60. The standard InChI is InChI=1S/C13H8BrFN2O/c14-12-8-4-5-16-13(8)10(7-9(12)15)17-6-2-1-3-11(17)18/h1-7,16H. The van der Waals surface area contributed by atoms with E-state index in [4.69, 9.17) is 0 Å². The van der Waals surface area contributed by atoms with E-state index in [2.05, 4.69) is 20.9 Å². The number of hydrogen-bond donors (Lipinski definition) is 1. The van der Waals surface area contributed by atoms with E-state index >= 15 is 0 Å². The SMILES string of the molecule is O=c1ccccn1-c1cc(F)c(Br)c2cc[nH]c12. The summed E-state index contributed by atoms with van der Waals surface area (Å²) >= 11 is 3.20. The molecule has 0 atom stereocenters. The summed E-state index contributed by atoms with van der Waals surface area (Å²) in [6.07, 6.45) is 3.33. The highest BCUT2D eigenvalue weighted by molar-refractivity contribution is 9.10. The first-order valence-corrected chi connectivity index (χ1v) is 6.11. The van der Waals surface area contributed by atoms with Crippen molar-refractivity contribution in [2.45, 2.75) is 0 Å². The number of hydrogen-bond acceptors (Lipinski definition) is 1. The summed E-state index contributed by atoms with van der Waals surface area (Å²) < 4.78 is 15.6. The highest BCUT2D eigenvalue weighted by Crippen LogP contribution is 2.30. The number of halogens is 2. The molecule has 0 saturated carbocycles. The van der Waals surface area contributed by atoms with Crippen molar-refractivity contribution in [3.05, 3.63) is 63.4 Å². The molecule has 1 aromatic carbocycles. The topological polar surface area (TPSA) is 37.8 Å². The molecule has 0 saturated heterocycles. The second-order valence-corrected chi connectivity index (χ2v) is 4.66. The van der Waals surface area contributed by atoms with Crippen LogP contribution < -0.4 is 5.56 Å². The zero-order chi connectivity index (χ0) is 12.7. The highest BCUT2D eigenvalue weighted by Gasteiger charge is 2.12. The Morgan fingerprint density at radius 3 is 2.89 bits per heavy atom. The van der Waals surface area contributed by atoms with Crippen molar-refractivity contribution in [2.24, 2.45) is 0 Å². The molecule has 0 aliphatic carbocycles. The summed E-state index contributed by atoms with van der Waals surface area (Å²) in [6.45, 7) is 0. The molecular formula is C13H8BrFN2O. The molecule has 3 aromatic rings. The lowest BCUT2D eigenvalue weighted by molar-refractivity contribution is 0.622. The smallest absolute Gasteiger partial charge is 0.255 e. The summed E-state index contributed by atoms with van der Waals surface area (Å²) in [5.41, 5.74) is 1.02. The Balaban J connectivity index is 2.44. The van der Waals surface area contributed by atoms with Crippen molar-refractivity contribution in [3.8, 4) is 5.69 Å². The van der Waals surface area contributed by atoms with Crippen molar-refractivity contribution in [1.82, 2.24) is 9.55 Å². The van der Waals surface area contributed by atoms with Crippen LogP contribution in [0.2, 0.25) is 0 Å². The van der Waals surface area contributed by atoms with Gasteiger partial charge in [-0.1, -0.05) is 6.07 Å². The molecule has 0 radical (unpaired) electrons. The molecular weight excluding hydrogens is 299 g/mol. The Morgan fingerprint density at radius 2 is 2.11 bits per heavy atom. The van der Waals surface area contributed by atoms with Crippen LogP contribution in [0.4, 0.5) is 4.39 Å². The first kappa shape index (κ1) is 11.2. The zero-order valence-corrected chi connectivity index (χ0v) is 10.7. The third-order valence-electron chi connectivity index (χ3n) is 2.79. The molecule has 0 unspecified atom stereocenters. The van der Waals surface area contributed by atoms with Crippen molar-refractivity contribution >= 4 is 26.8 Å². The van der Waals surface area contributed by atoms with E-state index in [0.717, 1.165) is 5.52 Å². The molecule has 0 amide bonds. The Labute approximate surface area is 110 Å². The van der Waals surface area contributed by atoms with Crippen LogP contribution in [0.5, 0.6) is 0 Å². The molecule has 5 heteroatoms. The summed E-state index contributed by atoms with van der Waals surface area (Å²) in [6, 6.07) is 7.93. The summed E-state index contributed by atoms with van der Waals surface area (Å²) in [7, 11) is 0. The molecule has 2 heterocycles. The second kappa shape index (κ2) is 4.10. The van der Waals surface area contributed by atoms with Crippen LogP contribution in [-0.2, 0) is 0 Å². The van der Waals surface area contributed by atoms with Gasteiger partial charge in [0.15, 0.2) is 0 Å². The first-order valence-electron chi connectivity index (χ1n) is 5.31. The van der Waals surface area contributed by atoms with E-state index in [0.29, 0.717) is 15.5 Å². The van der Waals surface area contributed by atoms with E-state index < -0.39 is 5.82 Å². The number of nitrogens with one attached hydrogen (secondary N) is 1. The molecule has 3 nitrogen and oxygen atoms in total. The normalized spacial score (nSPS) is 11.0. The van der Waals surface area contributed by atoms with Crippen LogP contribution in [0, 0.1) is 5.82 Å². The maximum Gasteiger partial charge on any atom is 0.255 e. The number of H-pyrrole nitrogens is 1. The minimum absolute atomic E-state index is 0.199. The number of benzene rings is 1. The average Bonchev–Trinajstić information content (AvgIpc) is 2.84. The number of rotatable bonds is 1. The number of fused-ring (bicyclic) bond motifs is 1. The lowest BCUT2D eigenvalue weighted by Crippen LogP contribution is -2.16. The van der Waals surface area contributed by atoms with Gasteiger partial charge in [-0.3, -0.25) is 9.36 Å². The van der Waals surface area contributed by atoms with Gasteiger partial charge in [0.25, 0.3) is 5.56 Å². The Bertz CT molecular complexity index is 791. The first-order chi connectivity index (χ1) is 8.68. The van der Waals surface area contributed by atoms with E-state index in [9.17, 15) is 9.18 Å². The van der Waals surface area contributed by atoms with E-state index in [1.165, 1.54) is 16.7 Å². The van der Waals surface area contributed by atoms with E-state index in [-0.39, 0.29) is 5.56 Å². The lowest BCUT2D eigenvalue weighted by atomic mass is 10.2. The van der Waals surface area contributed by atoms with E-state index in [1.54, 1.807) is 30.6 Å². The molecule has 1 N–H and O–H groups in total. The maximum absolute atomic E-state index is 13.8. The largest absolute Gasteiger partial charge is 0.359 e. The number of pyridine rings is 1. The molecule has 2 aromatic heterocycles. The van der Waals surface area contributed by atoms with Crippen LogP contribution >= 0.6 is 15.9 Å². The molecule has 0 spiro atoms. The van der Waals surface area contributed by atoms with Gasteiger partial charge in [-0.05, 0) is 28.1 Å². The molecule has 0 bridgehead atoms. The van der Waals surface area contributed by atoms with Crippen LogP contribution in [0.1, 0.15) is 0 Å². The monoisotopic (exact) mass is 306 g/mol. The van der Waals surface area contributed by atoms with Gasteiger partial charge < -0.3 is 4.98 Å². The van der Waals surface area contributed by atoms with Crippen molar-refractivity contribution in [1.29, 1.82) is 0 Å². The summed E-state index contributed by atoms with van der Waals surface area (Å²) in [5.74, 6) is -0.396. The number of nitrogens with zero attached hydrogens (tertiary/aromatic N) is 1. The minimum atomic E-state index is -0.396. The van der Waals surface area contributed by atoms with Crippen molar-refractivity contribution in [3.63, 3.8) is 0 Å². The van der Waals surface area contributed by atoms with Gasteiger partial charge in [-0.15, -0.1) is 0 Å². The maximum atomic E-state index is 13.8. The molecule has 90 valence electrons. The van der Waals surface area contributed by atoms with Gasteiger partial charge >= 0.3 is 0 Å². The van der Waals surface area contributed by atoms with Crippen LogP contribution in [0.25, 0.3) is 16.6 Å². The number of aromatic nitrogens is 2. The lowest BCUT2D eigenvalue weighted by Gasteiger charge is -2.08. The van der Waals surface area contributed by atoms with Gasteiger partial charge in [0.2, 0.25) is 0 Å². The predicted molar refractivity (Wildman–Crippen MR) is 71.6 cm³/mol. The fraction of sp³-hybridized carbons (Fsp3) is 0. The Kier molecular flexibility index (Phi) is 2.56. The fourth-order valence-corrected chi connectivity index (χ4v) is 2.41. The van der Waals surface area contributed by atoms with Gasteiger partial charge in [-0.2, -0.15) is 0 Å². The van der Waals surface area contributed by atoms with Crippen LogP contribution in [0.15, 0.2) is 52.0 Å². The van der Waals surface area contributed by atoms with Gasteiger partial charge in [0.1, 0.15) is 5.82 Å². The second-order valence-electron chi connectivity index (χ2n) is 3.87. The number of aromatic amines is 1. The van der Waals surface area contributed by atoms with Crippen LogP contribution in [-0.4, -0.2) is 9.55 Å². The quantitative estimate of drug-likeness (QED) is 0.736. The van der Waals surface area contributed by atoms with Crippen molar-refractivity contribution in [2.75, 3.05) is 0 Å². The summed E-state index contributed by atoms with van der Waals surface area (Å²) in [5, 5.41) is 0.709. The van der Waals surface area contributed by atoms with Crippen molar-refractivity contribution < 1.29 is 4.39 Å². The highest BCUT2D eigenvalue weighted by atomic mass is 79.9. The molecule has 3 rings (SSSR count). The Morgan fingerprint density at radius 1 is 1.28 bits per heavy atom.